The van der Waals surface area contributed by atoms with Crippen LogP contribution in [0.3, 0.4) is 0 Å². The van der Waals surface area contributed by atoms with E-state index in [1.54, 1.807) is 17.8 Å². The lowest BCUT2D eigenvalue weighted by atomic mass is 9.87. The number of carbonyl (C=O) groups is 2. The minimum absolute atomic E-state index is 0.137. The summed E-state index contributed by atoms with van der Waals surface area (Å²) in [5.74, 6) is -0.271. The molecule has 1 aliphatic carbocycles. The number of rotatable bonds is 8. The van der Waals surface area contributed by atoms with Crippen LogP contribution >= 0.6 is 0 Å². The standard InChI is InChI=1S/C23H33N5O5/c1-13(2)15(4)32-23(31)24-12-19-21(26-27-28(19)5)18-9-10-20(14(3)25-18)33-17-8-6-7-16(11-17)22(29)30/h9-10,13,15-17H,6-8,11-12H2,1-5H3,(H,24,31)(H,29,30)/t15-,16-,17-/m0/s1. The number of hydrogen-bond acceptors (Lipinski definition) is 7. The van der Waals surface area contributed by atoms with Gasteiger partial charge in [-0.05, 0) is 57.6 Å². The molecule has 0 aromatic carbocycles. The van der Waals surface area contributed by atoms with E-state index in [9.17, 15) is 14.7 Å². The Labute approximate surface area is 193 Å². The van der Waals surface area contributed by atoms with E-state index in [1.165, 1.54) is 0 Å². The molecule has 1 aliphatic rings. The molecule has 1 fully saturated rings. The minimum Gasteiger partial charge on any atom is -0.489 e. The Morgan fingerprint density at radius 1 is 1.27 bits per heavy atom. The summed E-state index contributed by atoms with van der Waals surface area (Å²) in [4.78, 5) is 28.1. The second-order valence-corrected chi connectivity index (χ2v) is 8.94. The number of carboxylic acids is 1. The highest BCUT2D eigenvalue weighted by Gasteiger charge is 2.28. The number of nitrogens with zero attached hydrogens (tertiary/aromatic N) is 4. The third kappa shape index (κ3) is 6.21. The molecule has 180 valence electrons. The number of pyridine rings is 1. The summed E-state index contributed by atoms with van der Waals surface area (Å²) in [7, 11) is 1.75. The molecule has 2 heterocycles. The Bertz CT molecular complexity index is 990. The number of aromatic nitrogens is 4. The molecule has 1 amide bonds. The van der Waals surface area contributed by atoms with Crippen molar-refractivity contribution in [3.63, 3.8) is 0 Å². The van der Waals surface area contributed by atoms with Gasteiger partial charge in [-0.2, -0.15) is 0 Å². The van der Waals surface area contributed by atoms with Crippen molar-refractivity contribution < 1.29 is 24.2 Å². The van der Waals surface area contributed by atoms with Gasteiger partial charge < -0.3 is 19.9 Å². The fraction of sp³-hybridized carbons (Fsp3) is 0.609. The summed E-state index contributed by atoms with van der Waals surface area (Å²) in [5, 5.41) is 20.3. The number of carboxylic acid groups (broad SMARTS) is 1. The Kier molecular flexibility index (Phi) is 7.88. The van der Waals surface area contributed by atoms with Gasteiger partial charge in [0, 0.05) is 7.05 Å². The topological polar surface area (TPSA) is 128 Å². The summed E-state index contributed by atoms with van der Waals surface area (Å²) in [6, 6.07) is 3.62. The number of carbonyl (C=O) groups excluding carboxylic acids is 1. The molecule has 2 aromatic rings. The van der Waals surface area contributed by atoms with Gasteiger partial charge in [0.1, 0.15) is 17.5 Å². The second kappa shape index (κ2) is 10.6. The summed E-state index contributed by atoms with van der Waals surface area (Å²) in [5.41, 5.74) is 2.55. The highest BCUT2D eigenvalue weighted by molar-refractivity contribution is 5.70. The van der Waals surface area contributed by atoms with Gasteiger partial charge in [0.05, 0.1) is 35.6 Å². The van der Waals surface area contributed by atoms with Gasteiger partial charge >= 0.3 is 12.1 Å². The molecule has 3 rings (SSSR count). The van der Waals surface area contributed by atoms with Gasteiger partial charge in [-0.3, -0.25) is 4.79 Å². The first kappa shape index (κ1) is 24.5. The maximum Gasteiger partial charge on any atom is 0.407 e. The van der Waals surface area contributed by atoms with E-state index in [0.717, 1.165) is 12.8 Å². The lowest BCUT2D eigenvalue weighted by molar-refractivity contribution is -0.143. The van der Waals surface area contributed by atoms with E-state index in [2.05, 4.69) is 20.6 Å². The molecule has 0 saturated heterocycles. The van der Waals surface area contributed by atoms with Gasteiger partial charge in [0.2, 0.25) is 0 Å². The second-order valence-electron chi connectivity index (χ2n) is 8.94. The van der Waals surface area contributed by atoms with E-state index >= 15 is 0 Å². The molecule has 0 unspecified atom stereocenters. The first-order valence-electron chi connectivity index (χ1n) is 11.4. The largest absolute Gasteiger partial charge is 0.489 e. The smallest absolute Gasteiger partial charge is 0.407 e. The van der Waals surface area contributed by atoms with Gasteiger partial charge in [0.25, 0.3) is 0 Å². The van der Waals surface area contributed by atoms with Crippen molar-refractivity contribution in [2.45, 2.75) is 72.1 Å². The quantitative estimate of drug-likeness (QED) is 0.614. The number of aryl methyl sites for hydroxylation is 2. The molecule has 10 heteroatoms. The molecule has 0 radical (unpaired) electrons. The number of aliphatic carboxylic acids is 1. The molecule has 2 N–H and O–H groups in total. The van der Waals surface area contributed by atoms with Crippen LogP contribution in [0.25, 0.3) is 11.4 Å². The first-order chi connectivity index (χ1) is 15.7. The van der Waals surface area contributed by atoms with E-state index < -0.39 is 12.1 Å². The number of nitrogens with one attached hydrogen (secondary N) is 1. The molecule has 0 aliphatic heterocycles. The Morgan fingerprint density at radius 2 is 2.03 bits per heavy atom. The van der Waals surface area contributed by atoms with Gasteiger partial charge in [-0.15, -0.1) is 5.10 Å². The average Bonchev–Trinajstić information content (AvgIpc) is 3.14. The predicted molar refractivity (Wildman–Crippen MR) is 121 cm³/mol. The van der Waals surface area contributed by atoms with E-state index in [4.69, 9.17) is 9.47 Å². The number of ether oxygens (including phenoxy) is 2. The number of hydrogen-bond donors (Lipinski definition) is 2. The van der Waals surface area contributed by atoms with Gasteiger partial charge in [-0.1, -0.05) is 19.1 Å². The van der Waals surface area contributed by atoms with E-state index in [-0.39, 0.29) is 30.6 Å². The molecule has 10 nitrogen and oxygen atoms in total. The summed E-state index contributed by atoms with van der Waals surface area (Å²) < 4.78 is 13.0. The fourth-order valence-electron chi connectivity index (χ4n) is 3.74. The molecule has 33 heavy (non-hydrogen) atoms. The Morgan fingerprint density at radius 3 is 2.70 bits per heavy atom. The van der Waals surface area contributed by atoms with Crippen molar-refractivity contribution in [3.8, 4) is 17.1 Å². The molecule has 2 aromatic heterocycles. The molecule has 3 atom stereocenters. The van der Waals surface area contributed by atoms with Crippen LogP contribution in [0.5, 0.6) is 5.75 Å². The van der Waals surface area contributed by atoms with Gasteiger partial charge in [-0.25, -0.2) is 14.5 Å². The Balaban J connectivity index is 1.69. The maximum atomic E-state index is 12.1. The Hall–Kier alpha value is -3.17. The van der Waals surface area contributed by atoms with Gasteiger partial charge in [0.15, 0.2) is 0 Å². The van der Waals surface area contributed by atoms with Crippen LogP contribution < -0.4 is 10.1 Å². The average molecular weight is 460 g/mol. The van der Waals surface area contributed by atoms with Crippen LogP contribution in [0.4, 0.5) is 4.79 Å². The lowest BCUT2D eigenvalue weighted by Crippen LogP contribution is -2.30. The van der Waals surface area contributed by atoms with Crippen LogP contribution in [0, 0.1) is 18.8 Å². The lowest BCUT2D eigenvalue weighted by Gasteiger charge is -2.27. The highest BCUT2D eigenvalue weighted by atomic mass is 16.6. The number of alkyl carbamates (subject to hydrolysis) is 1. The third-order valence-corrected chi connectivity index (χ3v) is 6.12. The SMILES string of the molecule is Cc1nc(-c2nnn(C)c2CNC(=O)O[C@@H](C)C(C)C)ccc1O[C@H]1CCC[C@H](C(=O)O)C1. The summed E-state index contributed by atoms with van der Waals surface area (Å²) in [6.45, 7) is 7.87. The van der Waals surface area contributed by atoms with Crippen molar-refractivity contribution in [2.24, 2.45) is 18.9 Å². The highest BCUT2D eigenvalue weighted by Crippen LogP contribution is 2.30. The molecular formula is C23H33N5O5. The predicted octanol–water partition coefficient (Wildman–Crippen LogP) is 3.48. The van der Waals surface area contributed by atoms with Crippen molar-refractivity contribution in [1.29, 1.82) is 0 Å². The first-order valence-corrected chi connectivity index (χ1v) is 11.4. The summed E-state index contributed by atoms with van der Waals surface area (Å²) >= 11 is 0. The third-order valence-electron chi connectivity index (χ3n) is 6.12. The minimum atomic E-state index is -0.764. The van der Waals surface area contributed by atoms with E-state index in [1.807, 2.05) is 33.8 Å². The maximum absolute atomic E-state index is 12.1. The summed E-state index contributed by atoms with van der Waals surface area (Å²) in [6.07, 6.45) is 2.03. The van der Waals surface area contributed by atoms with Crippen LogP contribution in [-0.4, -0.2) is 49.4 Å². The van der Waals surface area contributed by atoms with Crippen LogP contribution in [-0.2, 0) is 23.1 Å². The normalized spacial score (nSPS) is 19.2. The number of amides is 1. The van der Waals surface area contributed by atoms with E-state index in [0.29, 0.717) is 41.4 Å². The van der Waals surface area contributed by atoms with Crippen LogP contribution in [0.1, 0.15) is 57.8 Å². The molecule has 1 saturated carbocycles. The monoisotopic (exact) mass is 459 g/mol. The molecule has 0 spiro atoms. The van der Waals surface area contributed by atoms with Crippen molar-refractivity contribution in [1.82, 2.24) is 25.3 Å². The van der Waals surface area contributed by atoms with Crippen molar-refractivity contribution in [2.75, 3.05) is 0 Å². The fourth-order valence-corrected chi connectivity index (χ4v) is 3.74. The van der Waals surface area contributed by atoms with Crippen molar-refractivity contribution in [3.05, 3.63) is 23.5 Å². The van der Waals surface area contributed by atoms with Crippen LogP contribution in [0.15, 0.2) is 12.1 Å². The van der Waals surface area contributed by atoms with Crippen molar-refractivity contribution >= 4 is 12.1 Å². The molecular weight excluding hydrogens is 426 g/mol. The van der Waals surface area contributed by atoms with Crippen LogP contribution in [0.2, 0.25) is 0 Å². The molecule has 0 bridgehead atoms. The zero-order valence-corrected chi connectivity index (χ0v) is 19.9. The zero-order chi connectivity index (χ0) is 24.1. The zero-order valence-electron chi connectivity index (χ0n) is 19.9.